The number of carboxylic acid groups (broad SMARTS) is 1. The molecule has 0 aliphatic heterocycles. The largest absolute Gasteiger partial charge is 0.480 e. The van der Waals surface area contributed by atoms with Gasteiger partial charge >= 0.3 is 5.97 Å². The van der Waals surface area contributed by atoms with E-state index in [0.29, 0.717) is 0 Å². The van der Waals surface area contributed by atoms with Crippen LogP contribution in [-0.2, 0) is 16.0 Å². The summed E-state index contributed by atoms with van der Waals surface area (Å²) in [5.74, 6) is -2.87. The molecule has 0 saturated carbocycles. The van der Waals surface area contributed by atoms with Crippen LogP contribution in [0, 0.1) is 0 Å². The van der Waals surface area contributed by atoms with Gasteiger partial charge in [-0.3, -0.25) is 19.4 Å². The van der Waals surface area contributed by atoms with Gasteiger partial charge in [0.2, 0.25) is 11.9 Å². The van der Waals surface area contributed by atoms with E-state index in [1.807, 2.05) is 24.3 Å². The molecule has 0 radical (unpaired) electrons. The summed E-state index contributed by atoms with van der Waals surface area (Å²) >= 11 is 0. The fourth-order valence-electron chi connectivity index (χ4n) is 3.26. The van der Waals surface area contributed by atoms with Crippen LogP contribution in [0.1, 0.15) is 16.1 Å². The summed E-state index contributed by atoms with van der Waals surface area (Å²) < 4.78 is 0. The number of carbonyl (C=O) groups excluding carboxylic acids is 2. The van der Waals surface area contributed by atoms with Crippen LogP contribution in [0.4, 0.5) is 5.95 Å². The first-order valence-corrected chi connectivity index (χ1v) is 9.69. The average molecular weight is 450 g/mol. The number of nitrogen functional groups attached to an aromatic ring is 1. The molecule has 0 spiro atoms. The van der Waals surface area contributed by atoms with Gasteiger partial charge in [0, 0.05) is 23.5 Å². The number of carboxylic acids is 1. The number of nitrogens with two attached hydrogens (primary N) is 1. The molecule has 1 atom stereocenters. The lowest BCUT2D eigenvalue weighted by Crippen LogP contribution is -2.46. The number of carbonyl (C=O) groups is 3. The van der Waals surface area contributed by atoms with Crippen LogP contribution < -0.4 is 21.9 Å². The molecule has 4 rings (SSSR count). The molecule has 4 aromatic rings. The molecular formula is C20H18N8O5. The quantitative estimate of drug-likeness (QED) is 0.210. The van der Waals surface area contributed by atoms with E-state index in [1.54, 1.807) is 6.20 Å². The maximum atomic E-state index is 12.3. The second-order valence-corrected chi connectivity index (χ2v) is 7.08. The van der Waals surface area contributed by atoms with Gasteiger partial charge in [0.1, 0.15) is 11.7 Å². The van der Waals surface area contributed by atoms with E-state index in [1.165, 1.54) is 0 Å². The zero-order chi connectivity index (χ0) is 23.5. The molecule has 1 aromatic carbocycles. The van der Waals surface area contributed by atoms with Crippen molar-refractivity contribution in [1.82, 2.24) is 35.6 Å². The molecule has 0 saturated heterocycles. The Hall–Kier alpha value is -4.81. The Morgan fingerprint density at radius 2 is 1.97 bits per heavy atom. The Balaban J connectivity index is 1.40. The van der Waals surface area contributed by atoms with Gasteiger partial charge in [-0.2, -0.15) is 4.98 Å². The predicted molar refractivity (Wildman–Crippen MR) is 116 cm³/mol. The summed E-state index contributed by atoms with van der Waals surface area (Å²) in [7, 11) is 0. The zero-order valence-corrected chi connectivity index (χ0v) is 17.0. The number of hydrogen-bond acceptors (Lipinski definition) is 8. The maximum absolute atomic E-state index is 12.3. The number of aromatic amines is 2. The van der Waals surface area contributed by atoms with Crippen LogP contribution in [0.25, 0.3) is 22.1 Å². The number of aromatic nitrogens is 5. The van der Waals surface area contributed by atoms with E-state index in [0.717, 1.165) is 22.7 Å². The van der Waals surface area contributed by atoms with Gasteiger partial charge in [0.05, 0.1) is 12.7 Å². The first-order chi connectivity index (χ1) is 15.8. The molecular weight excluding hydrogens is 432 g/mol. The topological polar surface area (TPSA) is 209 Å². The summed E-state index contributed by atoms with van der Waals surface area (Å²) in [5.41, 5.74) is 6.02. The van der Waals surface area contributed by atoms with Crippen molar-refractivity contribution >= 4 is 45.8 Å². The second kappa shape index (κ2) is 8.74. The van der Waals surface area contributed by atoms with E-state index in [4.69, 9.17) is 5.73 Å². The molecule has 3 aromatic heterocycles. The molecule has 0 aliphatic carbocycles. The number of para-hydroxylation sites is 1. The van der Waals surface area contributed by atoms with Crippen LogP contribution in [-0.4, -0.2) is 60.4 Å². The third-order valence-electron chi connectivity index (χ3n) is 4.81. The molecule has 0 fully saturated rings. The molecule has 2 amide bonds. The molecule has 168 valence electrons. The van der Waals surface area contributed by atoms with Gasteiger partial charge in [0.25, 0.3) is 11.5 Å². The van der Waals surface area contributed by atoms with Gasteiger partial charge in [-0.1, -0.05) is 18.2 Å². The van der Waals surface area contributed by atoms with E-state index < -0.39 is 35.9 Å². The Bertz CT molecular complexity index is 1440. The van der Waals surface area contributed by atoms with Crippen molar-refractivity contribution in [3.8, 4) is 0 Å². The third kappa shape index (κ3) is 4.61. The standard InChI is InChI=1S/C20H18N8O5/c21-20-27-16-15(18(31)28-20)23-7-13(26-16)17(30)24-8-14(29)25-12(19(32)33)5-9-6-22-11-4-2-1-3-10(9)11/h1-4,6-7,12,22H,5,8H2,(H,24,30)(H,25,29)(H,32,33)(H3,21,26,27,28,31)/t12-/m0/s1. The van der Waals surface area contributed by atoms with Gasteiger partial charge < -0.3 is 26.5 Å². The van der Waals surface area contributed by atoms with Crippen LogP contribution in [0.3, 0.4) is 0 Å². The maximum Gasteiger partial charge on any atom is 0.326 e. The number of benzene rings is 1. The number of nitrogens with zero attached hydrogens (tertiary/aromatic N) is 3. The van der Waals surface area contributed by atoms with Crippen molar-refractivity contribution in [2.45, 2.75) is 12.5 Å². The average Bonchev–Trinajstić information content (AvgIpc) is 3.19. The molecule has 13 nitrogen and oxygen atoms in total. The lowest BCUT2D eigenvalue weighted by molar-refractivity contribution is -0.141. The highest BCUT2D eigenvalue weighted by Crippen LogP contribution is 2.19. The van der Waals surface area contributed by atoms with Gasteiger partial charge in [0.15, 0.2) is 11.2 Å². The van der Waals surface area contributed by atoms with E-state index >= 15 is 0 Å². The molecule has 0 bridgehead atoms. The van der Waals surface area contributed by atoms with Crippen molar-refractivity contribution in [2.75, 3.05) is 12.3 Å². The normalized spacial score (nSPS) is 11.9. The molecule has 0 unspecified atom stereocenters. The minimum absolute atomic E-state index is 0.0524. The fraction of sp³-hybridized carbons (Fsp3) is 0.150. The number of rotatable bonds is 7. The Labute approximate surface area is 184 Å². The Morgan fingerprint density at radius 3 is 2.76 bits per heavy atom. The lowest BCUT2D eigenvalue weighted by atomic mass is 10.1. The SMILES string of the molecule is Nc1nc2nc(C(=O)NCC(=O)N[C@@H](Cc3c[nH]c4ccccc34)C(=O)O)cnc2c(=O)[nH]1. The highest BCUT2D eigenvalue weighted by atomic mass is 16.4. The molecule has 13 heteroatoms. The first-order valence-electron chi connectivity index (χ1n) is 9.69. The number of hydrogen-bond donors (Lipinski definition) is 6. The minimum Gasteiger partial charge on any atom is -0.480 e. The first kappa shape index (κ1) is 21.4. The van der Waals surface area contributed by atoms with Crippen molar-refractivity contribution in [2.24, 2.45) is 0 Å². The summed E-state index contributed by atoms with van der Waals surface area (Å²) in [5, 5.41) is 15.1. The summed E-state index contributed by atoms with van der Waals surface area (Å²) in [4.78, 5) is 64.9. The van der Waals surface area contributed by atoms with Crippen molar-refractivity contribution < 1.29 is 19.5 Å². The molecule has 3 heterocycles. The highest BCUT2D eigenvalue weighted by Gasteiger charge is 2.22. The van der Waals surface area contributed by atoms with Crippen LogP contribution in [0.2, 0.25) is 0 Å². The number of amides is 2. The van der Waals surface area contributed by atoms with Crippen molar-refractivity contribution in [1.29, 1.82) is 0 Å². The van der Waals surface area contributed by atoms with E-state index in [9.17, 15) is 24.3 Å². The highest BCUT2D eigenvalue weighted by molar-refractivity contribution is 5.96. The van der Waals surface area contributed by atoms with Crippen molar-refractivity contribution in [3.63, 3.8) is 0 Å². The van der Waals surface area contributed by atoms with Gasteiger partial charge in [-0.15, -0.1) is 0 Å². The monoisotopic (exact) mass is 450 g/mol. The van der Waals surface area contributed by atoms with Gasteiger partial charge in [-0.05, 0) is 11.6 Å². The zero-order valence-electron chi connectivity index (χ0n) is 17.0. The number of nitrogens with one attached hydrogen (secondary N) is 4. The Kier molecular flexibility index (Phi) is 5.67. The number of fused-ring (bicyclic) bond motifs is 2. The number of H-pyrrole nitrogens is 2. The molecule has 0 aliphatic rings. The molecule has 33 heavy (non-hydrogen) atoms. The predicted octanol–water partition coefficient (Wildman–Crippen LogP) is -0.681. The van der Waals surface area contributed by atoms with Crippen LogP contribution in [0.15, 0.2) is 41.5 Å². The van der Waals surface area contributed by atoms with E-state index in [2.05, 4.69) is 35.6 Å². The van der Waals surface area contributed by atoms with Crippen LogP contribution >= 0.6 is 0 Å². The minimum atomic E-state index is -1.21. The Morgan fingerprint density at radius 1 is 1.18 bits per heavy atom. The number of anilines is 1. The lowest BCUT2D eigenvalue weighted by Gasteiger charge is -2.14. The third-order valence-corrected chi connectivity index (χ3v) is 4.81. The van der Waals surface area contributed by atoms with E-state index in [-0.39, 0.29) is 29.2 Å². The van der Waals surface area contributed by atoms with Crippen molar-refractivity contribution in [3.05, 3.63) is 58.3 Å². The smallest absolute Gasteiger partial charge is 0.326 e. The fourth-order valence-corrected chi connectivity index (χ4v) is 3.26. The van der Waals surface area contributed by atoms with Gasteiger partial charge in [-0.25, -0.2) is 14.8 Å². The number of aliphatic carboxylic acids is 1. The van der Waals surface area contributed by atoms with Crippen LogP contribution in [0.5, 0.6) is 0 Å². The summed E-state index contributed by atoms with van der Waals surface area (Å²) in [6.45, 7) is -0.499. The molecule has 7 N–H and O–H groups in total. The summed E-state index contributed by atoms with van der Waals surface area (Å²) in [6, 6.07) is 6.19. The summed E-state index contributed by atoms with van der Waals surface area (Å²) in [6.07, 6.45) is 2.80. The second-order valence-electron chi connectivity index (χ2n) is 7.08.